The van der Waals surface area contributed by atoms with E-state index in [4.69, 9.17) is 0 Å². The minimum atomic E-state index is -0.459. The van der Waals surface area contributed by atoms with Gasteiger partial charge in [-0.3, -0.25) is 10.1 Å². The standard InChI is InChI=1S/C9H10BrN3O2/c1-6-3-8(13(14)15)9(11-4-6)12-5-7(2)10/h3-4H,2,5H2,1H3,(H,11,12). The van der Waals surface area contributed by atoms with Crippen LogP contribution in [0.5, 0.6) is 0 Å². The molecule has 0 aromatic carbocycles. The van der Waals surface area contributed by atoms with E-state index in [1.54, 1.807) is 13.1 Å². The molecule has 6 heteroatoms. The largest absolute Gasteiger partial charge is 0.360 e. The summed E-state index contributed by atoms with van der Waals surface area (Å²) in [5.41, 5.74) is 0.730. The maximum atomic E-state index is 10.7. The Bertz CT molecular complexity index is 406. The van der Waals surface area contributed by atoms with E-state index in [-0.39, 0.29) is 11.5 Å². The van der Waals surface area contributed by atoms with Crippen LogP contribution in [-0.2, 0) is 0 Å². The second-order valence-corrected chi connectivity index (χ2v) is 4.13. The van der Waals surface area contributed by atoms with Crippen molar-refractivity contribution >= 4 is 27.4 Å². The molecule has 1 rings (SSSR count). The second-order valence-electron chi connectivity index (χ2n) is 3.01. The van der Waals surface area contributed by atoms with Gasteiger partial charge in [-0.2, -0.15) is 0 Å². The Morgan fingerprint density at radius 1 is 1.80 bits per heavy atom. The van der Waals surface area contributed by atoms with E-state index >= 15 is 0 Å². The maximum Gasteiger partial charge on any atom is 0.311 e. The van der Waals surface area contributed by atoms with Crippen LogP contribution < -0.4 is 5.32 Å². The summed E-state index contributed by atoms with van der Waals surface area (Å²) in [5.74, 6) is 0.256. The van der Waals surface area contributed by atoms with Crippen molar-refractivity contribution < 1.29 is 4.92 Å². The minimum absolute atomic E-state index is 0.0243. The van der Waals surface area contributed by atoms with E-state index in [0.717, 1.165) is 5.56 Å². The molecule has 0 atom stereocenters. The van der Waals surface area contributed by atoms with Crippen LogP contribution in [0.15, 0.2) is 23.3 Å². The average Bonchev–Trinajstić information content (AvgIpc) is 2.15. The molecule has 0 saturated carbocycles. The number of hydrogen-bond acceptors (Lipinski definition) is 4. The van der Waals surface area contributed by atoms with Crippen molar-refractivity contribution in [2.24, 2.45) is 0 Å². The van der Waals surface area contributed by atoms with Crippen LogP contribution in [0.4, 0.5) is 11.5 Å². The number of nitro groups is 1. The molecule has 0 aliphatic rings. The zero-order valence-electron chi connectivity index (χ0n) is 8.16. The molecule has 0 radical (unpaired) electrons. The molecule has 5 nitrogen and oxygen atoms in total. The summed E-state index contributed by atoms with van der Waals surface area (Å²) in [7, 11) is 0. The van der Waals surface area contributed by atoms with E-state index in [9.17, 15) is 10.1 Å². The molecule has 0 aliphatic heterocycles. The van der Waals surface area contributed by atoms with Crippen LogP contribution in [0.2, 0.25) is 0 Å². The van der Waals surface area contributed by atoms with Crippen LogP contribution in [-0.4, -0.2) is 16.5 Å². The summed E-state index contributed by atoms with van der Waals surface area (Å²) in [5, 5.41) is 13.5. The van der Waals surface area contributed by atoms with Gasteiger partial charge < -0.3 is 5.32 Å². The SMILES string of the molecule is C=C(Br)CNc1ncc(C)cc1[N+](=O)[O-]. The first kappa shape index (κ1) is 11.6. The van der Waals surface area contributed by atoms with E-state index < -0.39 is 4.92 Å². The van der Waals surface area contributed by atoms with Gasteiger partial charge in [0.05, 0.1) is 4.92 Å². The first-order valence-corrected chi connectivity index (χ1v) is 4.98. The van der Waals surface area contributed by atoms with Crippen molar-refractivity contribution in [1.82, 2.24) is 4.98 Å². The van der Waals surface area contributed by atoms with Gasteiger partial charge in [0, 0.05) is 23.3 Å². The van der Waals surface area contributed by atoms with Crippen LogP contribution in [0.1, 0.15) is 5.56 Å². The smallest absolute Gasteiger partial charge is 0.311 e. The molecule has 1 N–H and O–H groups in total. The van der Waals surface area contributed by atoms with Gasteiger partial charge in [-0.1, -0.05) is 22.5 Å². The molecule has 0 spiro atoms. The number of anilines is 1. The quantitative estimate of drug-likeness (QED) is 0.675. The molecule has 0 unspecified atom stereocenters. The first-order chi connectivity index (χ1) is 7.00. The van der Waals surface area contributed by atoms with Crippen molar-refractivity contribution in [3.63, 3.8) is 0 Å². The third-order valence-electron chi connectivity index (χ3n) is 1.65. The lowest BCUT2D eigenvalue weighted by molar-refractivity contribution is -0.384. The van der Waals surface area contributed by atoms with Gasteiger partial charge in [-0.15, -0.1) is 0 Å². The molecule has 0 bridgehead atoms. The maximum absolute atomic E-state index is 10.7. The highest BCUT2D eigenvalue weighted by molar-refractivity contribution is 9.11. The average molecular weight is 272 g/mol. The third kappa shape index (κ3) is 3.32. The molecule has 1 heterocycles. The Hall–Kier alpha value is -1.43. The molecule has 80 valence electrons. The van der Waals surface area contributed by atoms with Crippen LogP contribution in [0.25, 0.3) is 0 Å². The molecule has 15 heavy (non-hydrogen) atoms. The highest BCUT2D eigenvalue weighted by Crippen LogP contribution is 2.22. The molecule has 0 aliphatic carbocycles. The van der Waals surface area contributed by atoms with Crippen molar-refractivity contribution in [2.45, 2.75) is 6.92 Å². The lowest BCUT2D eigenvalue weighted by Crippen LogP contribution is -2.06. The fraction of sp³-hybridized carbons (Fsp3) is 0.222. The van der Waals surface area contributed by atoms with Crippen LogP contribution >= 0.6 is 15.9 Å². The van der Waals surface area contributed by atoms with E-state index in [0.29, 0.717) is 11.0 Å². The Labute approximate surface area is 95.5 Å². The lowest BCUT2D eigenvalue weighted by atomic mass is 10.3. The van der Waals surface area contributed by atoms with Crippen molar-refractivity contribution in [2.75, 3.05) is 11.9 Å². The van der Waals surface area contributed by atoms with Crippen molar-refractivity contribution in [3.05, 3.63) is 39.0 Å². The predicted molar refractivity (Wildman–Crippen MR) is 62.2 cm³/mol. The van der Waals surface area contributed by atoms with E-state index in [2.05, 4.69) is 32.8 Å². The Morgan fingerprint density at radius 3 is 3.00 bits per heavy atom. The highest BCUT2D eigenvalue weighted by atomic mass is 79.9. The number of nitrogens with one attached hydrogen (secondary N) is 1. The Kier molecular flexibility index (Phi) is 3.79. The fourth-order valence-corrected chi connectivity index (χ4v) is 1.15. The number of pyridine rings is 1. The number of hydrogen-bond donors (Lipinski definition) is 1. The summed E-state index contributed by atoms with van der Waals surface area (Å²) in [6, 6.07) is 1.48. The van der Waals surface area contributed by atoms with Gasteiger partial charge in [-0.25, -0.2) is 4.98 Å². The molecule has 1 aromatic heterocycles. The van der Waals surface area contributed by atoms with Crippen molar-refractivity contribution in [1.29, 1.82) is 0 Å². The normalized spacial score (nSPS) is 9.73. The summed E-state index contributed by atoms with van der Waals surface area (Å²) < 4.78 is 0.708. The number of aryl methyl sites for hydroxylation is 1. The Balaban J connectivity index is 2.95. The monoisotopic (exact) mass is 271 g/mol. The molecule has 0 saturated heterocycles. The zero-order chi connectivity index (χ0) is 11.4. The zero-order valence-corrected chi connectivity index (χ0v) is 9.74. The third-order valence-corrected chi connectivity index (χ3v) is 1.93. The first-order valence-electron chi connectivity index (χ1n) is 4.19. The molecule has 0 amide bonds. The summed E-state index contributed by atoms with van der Waals surface area (Å²) in [6.07, 6.45) is 1.58. The van der Waals surface area contributed by atoms with Crippen molar-refractivity contribution in [3.8, 4) is 0 Å². The predicted octanol–water partition coefficient (Wildman–Crippen LogP) is 2.62. The molecule has 1 aromatic rings. The number of nitrogens with zero attached hydrogens (tertiary/aromatic N) is 2. The number of rotatable bonds is 4. The molecule has 0 fully saturated rings. The van der Waals surface area contributed by atoms with Gasteiger partial charge in [0.15, 0.2) is 0 Å². The summed E-state index contributed by atoms with van der Waals surface area (Å²) >= 11 is 3.15. The number of halogens is 1. The topological polar surface area (TPSA) is 68.1 Å². The van der Waals surface area contributed by atoms with E-state index in [1.165, 1.54) is 6.07 Å². The highest BCUT2D eigenvalue weighted by Gasteiger charge is 2.14. The van der Waals surface area contributed by atoms with E-state index in [1.807, 2.05) is 0 Å². The van der Waals surface area contributed by atoms with Gasteiger partial charge in [0.25, 0.3) is 0 Å². The minimum Gasteiger partial charge on any atom is -0.360 e. The summed E-state index contributed by atoms with van der Waals surface area (Å²) in [4.78, 5) is 14.2. The fourth-order valence-electron chi connectivity index (χ4n) is 1.01. The van der Waals surface area contributed by atoms with Crippen LogP contribution in [0.3, 0.4) is 0 Å². The van der Waals surface area contributed by atoms with Gasteiger partial charge in [-0.05, 0) is 12.5 Å². The van der Waals surface area contributed by atoms with Gasteiger partial charge >= 0.3 is 5.69 Å². The van der Waals surface area contributed by atoms with Gasteiger partial charge in [0.2, 0.25) is 5.82 Å². The molecular formula is C9H10BrN3O2. The van der Waals surface area contributed by atoms with Gasteiger partial charge in [0.1, 0.15) is 0 Å². The van der Waals surface area contributed by atoms with Crippen LogP contribution in [0, 0.1) is 17.0 Å². The summed E-state index contributed by atoms with van der Waals surface area (Å²) in [6.45, 7) is 5.78. The molecular weight excluding hydrogens is 262 g/mol. The second kappa shape index (κ2) is 4.88. The number of aromatic nitrogens is 1. The Morgan fingerprint density at radius 2 is 2.47 bits per heavy atom. The lowest BCUT2D eigenvalue weighted by Gasteiger charge is -2.05.